The number of nitrogens with one attached hydrogen (secondary N) is 2. The van der Waals surface area contributed by atoms with Gasteiger partial charge in [0, 0.05) is 62.7 Å². The van der Waals surface area contributed by atoms with Crippen LogP contribution in [0.15, 0.2) is 29.2 Å². The van der Waals surface area contributed by atoms with Gasteiger partial charge in [0.15, 0.2) is 5.82 Å². The molecule has 0 saturated carbocycles. The van der Waals surface area contributed by atoms with Gasteiger partial charge in [-0.05, 0) is 26.0 Å². The number of carbonyl (C=O) groups excluding carboxylic acids is 1. The number of rotatable bonds is 5. The van der Waals surface area contributed by atoms with E-state index in [1.807, 2.05) is 14.0 Å². The molecule has 2 amide bonds. The van der Waals surface area contributed by atoms with Crippen molar-refractivity contribution in [3.05, 3.63) is 63.1 Å². The highest BCUT2D eigenvalue weighted by atomic mass is 19.3. The summed E-state index contributed by atoms with van der Waals surface area (Å²) in [6.45, 7) is 3.23. The summed E-state index contributed by atoms with van der Waals surface area (Å²) in [5, 5.41) is 11.5. The van der Waals surface area contributed by atoms with E-state index in [9.17, 15) is 28.3 Å². The highest BCUT2D eigenvalue weighted by Gasteiger charge is 2.31. The average Bonchev–Trinajstić information content (AvgIpc) is 2.87. The van der Waals surface area contributed by atoms with Crippen LogP contribution in [0.1, 0.15) is 41.3 Å². The molecule has 2 aromatic rings. The van der Waals surface area contributed by atoms with Gasteiger partial charge < -0.3 is 30.1 Å². The van der Waals surface area contributed by atoms with E-state index in [4.69, 9.17) is 0 Å². The number of anilines is 2. The Kier molecular flexibility index (Phi) is 7.76. The standard InChI is InChI=1S/C25H27F4N5O4/c1-13-12-34(8-7-32(13)2)18-10-17(26)20(14-3-5-33(6-4-14)25(37)38)21(27)22(18)31-24(36)16-11-30-19(35)9-15(16)23(28)29/h3,9-11,13,23H,4-8,12H2,1-2H3,(H,30,35)(H,31,36)(H,37,38). The second-order valence-corrected chi connectivity index (χ2v) is 9.35. The van der Waals surface area contributed by atoms with E-state index in [1.54, 1.807) is 4.90 Å². The molecule has 1 aromatic heterocycles. The molecule has 2 aliphatic heterocycles. The van der Waals surface area contributed by atoms with Gasteiger partial charge in [-0.15, -0.1) is 0 Å². The number of hydrogen-bond acceptors (Lipinski definition) is 5. The second-order valence-electron chi connectivity index (χ2n) is 9.35. The van der Waals surface area contributed by atoms with Gasteiger partial charge in [0.25, 0.3) is 12.3 Å². The molecule has 0 spiro atoms. The molecule has 3 heterocycles. The van der Waals surface area contributed by atoms with E-state index in [0.717, 1.165) is 17.2 Å². The second kappa shape index (κ2) is 10.9. The Morgan fingerprint density at radius 3 is 2.53 bits per heavy atom. The maximum Gasteiger partial charge on any atom is 0.407 e. The van der Waals surface area contributed by atoms with E-state index < -0.39 is 58.0 Å². The smallest absolute Gasteiger partial charge is 0.407 e. The first kappa shape index (κ1) is 27.2. The lowest BCUT2D eigenvalue weighted by Gasteiger charge is -2.40. The fraction of sp³-hybridized carbons (Fsp3) is 0.400. The van der Waals surface area contributed by atoms with E-state index in [-0.39, 0.29) is 36.8 Å². The normalized spacial score (nSPS) is 18.5. The largest absolute Gasteiger partial charge is 0.465 e. The summed E-state index contributed by atoms with van der Waals surface area (Å²) in [4.78, 5) is 42.9. The molecule has 0 bridgehead atoms. The van der Waals surface area contributed by atoms with Gasteiger partial charge in [0.1, 0.15) is 11.5 Å². The summed E-state index contributed by atoms with van der Waals surface area (Å²) >= 11 is 0. The number of piperazine rings is 1. The minimum atomic E-state index is -3.14. The van der Waals surface area contributed by atoms with Gasteiger partial charge in [0.05, 0.1) is 16.8 Å². The molecule has 1 atom stereocenters. The Morgan fingerprint density at radius 2 is 1.92 bits per heavy atom. The molecule has 38 heavy (non-hydrogen) atoms. The molecular formula is C25H27F4N5O4. The summed E-state index contributed by atoms with van der Waals surface area (Å²) < 4.78 is 58.7. The third-order valence-corrected chi connectivity index (χ3v) is 6.97. The number of nitrogens with zero attached hydrogens (tertiary/aromatic N) is 3. The van der Waals surface area contributed by atoms with Crippen LogP contribution in [0.2, 0.25) is 0 Å². The molecule has 2 aliphatic rings. The molecule has 0 radical (unpaired) electrons. The number of hydrogen-bond donors (Lipinski definition) is 3. The first-order chi connectivity index (χ1) is 18.0. The third kappa shape index (κ3) is 5.37. The van der Waals surface area contributed by atoms with Crippen molar-refractivity contribution in [1.82, 2.24) is 14.8 Å². The predicted octanol–water partition coefficient (Wildman–Crippen LogP) is 3.75. The highest BCUT2D eigenvalue weighted by molar-refractivity contribution is 6.07. The average molecular weight is 538 g/mol. The first-order valence-electron chi connectivity index (χ1n) is 11.9. The summed E-state index contributed by atoms with van der Waals surface area (Å²) in [5.41, 5.74) is -2.77. The van der Waals surface area contributed by atoms with Crippen LogP contribution in [0.25, 0.3) is 5.57 Å². The van der Waals surface area contributed by atoms with Gasteiger partial charge in [-0.1, -0.05) is 6.08 Å². The van der Waals surface area contributed by atoms with Crippen molar-refractivity contribution >= 4 is 28.9 Å². The first-order valence-corrected chi connectivity index (χ1v) is 11.9. The van der Waals surface area contributed by atoms with Crippen molar-refractivity contribution in [3.63, 3.8) is 0 Å². The molecule has 1 saturated heterocycles. The third-order valence-electron chi connectivity index (χ3n) is 6.97. The number of carboxylic acid groups (broad SMARTS) is 1. The number of alkyl halides is 2. The van der Waals surface area contributed by atoms with Crippen molar-refractivity contribution < 1.29 is 32.3 Å². The Bertz CT molecular complexity index is 1350. The Morgan fingerprint density at radius 1 is 1.18 bits per heavy atom. The van der Waals surface area contributed by atoms with Gasteiger partial charge in [0.2, 0.25) is 5.56 Å². The van der Waals surface area contributed by atoms with E-state index >= 15 is 8.78 Å². The van der Waals surface area contributed by atoms with Crippen LogP contribution in [-0.2, 0) is 0 Å². The zero-order valence-electron chi connectivity index (χ0n) is 20.7. The predicted molar refractivity (Wildman–Crippen MR) is 133 cm³/mol. The number of likely N-dealkylation sites (N-methyl/N-ethyl adjacent to an activating group) is 1. The zero-order valence-corrected chi connectivity index (χ0v) is 20.7. The number of halogens is 4. The van der Waals surface area contributed by atoms with Crippen LogP contribution in [0.4, 0.5) is 33.7 Å². The molecule has 0 aliphatic carbocycles. The van der Waals surface area contributed by atoms with Crippen molar-refractivity contribution in [1.29, 1.82) is 0 Å². The number of amides is 2. The summed E-state index contributed by atoms with van der Waals surface area (Å²) in [7, 11) is 1.91. The number of H-pyrrole nitrogens is 1. The fourth-order valence-electron chi connectivity index (χ4n) is 4.65. The Balaban J connectivity index is 1.80. The number of benzene rings is 1. The van der Waals surface area contributed by atoms with Crippen molar-refractivity contribution in [2.75, 3.05) is 50.0 Å². The summed E-state index contributed by atoms with van der Waals surface area (Å²) in [5.74, 6) is -3.10. The maximum atomic E-state index is 16.1. The lowest BCUT2D eigenvalue weighted by Crippen LogP contribution is -2.50. The number of aromatic amines is 1. The Hall–Kier alpha value is -3.87. The van der Waals surface area contributed by atoms with E-state index in [0.29, 0.717) is 25.7 Å². The summed E-state index contributed by atoms with van der Waals surface area (Å²) in [6.07, 6.45) is -2.05. The zero-order chi connectivity index (χ0) is 27.7. The SMILES string of the molecule is CC1CN(c2cc(F)c(C3=CCN(C(=O)O)CC3)c(F)c2NC(=O)c2c[nH]c(=O)cc2C(F)F)CCN1C. The van der Waals surface area contributed by atoms with Crippen LogP contribution < -0.4 is 15.8 Å². The highest BCUT2D eigenvalue weighted by Crippen LogP contribution is 2.39. The minimum Gasteiger partial charge on any atom is -0.465 e. The monoisotopic (exact) mass is 537 g/mol. The van der Waals surface area contributed by atoms with Crippen LogP contribution >= 0.6 is 0 Å². The van der Waals surface area contributed by atoms with E-state index in [1.165, 1.54) is 6.08 Å². The van der Waals surface area contributed by atoms with Crippen LogP contribution in [-0.4, -0.2) is 77.7 Å². The topological polar surface area (TPSA) is 109 Å². The molecule has 1 aromatic carbocycles. The lowest BCUT2D eigenvalue weighted by molar-refractivity contribution is 0.101. The lowest BCUT2D eigenvalue weighted by atomic mass is 9.96. The van der Waals surface area contributed by atoms with Gasteiger partial charge in [-0.2, -0.15) is 0 Å². The molecule has 1 fully saturated rings. The number of carbonyl (C=O) groups is 2. The van der Waals surface area contributed by atoms with Gasteiger partial charge in [-0.25, -0.2) is 22.4 Å². The quantitative estimate of drug-likeness (QED) is 0.502. The molecular weight excluding hydrogens is 510 g/mol. The minimum absolute atomic E-state index is 0.0192. The van der Waals surface area contributed by atoms with Crippen LogP contribution in [0, 0.1) is 11.6 Å². The molecule has 1 unspecified atom stereocenters. The molecule has 3 N–H and O–H groups in total. The van der Waals surface area contributed by atoms with Crippen molar-refractivity contribution in [3.8, 4) is 0 Å². The van der Waals surface area contributed by atoms with Gasteiger partial charge >= 0.3 is 6.09 Å². The molecule has 13 heteroatoms. The van der Waals surface area contributed by atoms with E-state index in [2.05, 4.69) is 15.2 Å². The molecule has 9 nitrogen and oxygen atoms in total. The van der Waals surface area contributed by atoms with Crippen molar-refractivity contribution in [2.45, 2.75) is 25.8 Å². The van der Waals surface area contributed by atoms with Gasteiger partial charge in [-0.3, -0.25) is 9.59 Å². The fourth-order valence-corrected chi connectivity index (χ4v) is 4.65. The van der Waals surface area contributed by atoms with Crippen molar-refractivity contribution in [2.24, 2.45) is 0 Å². The van der Waals surface area contributed by atoms with Crippen LogP contribution in [0.5, 0.6) is 0 Å². The number of aromatic nitrogens is 1. The molecule has 4 rings (SSSR count). The number of pyridine rings is 1. The maximum absolute atomic E-state index is 16.1. The van der Waals surface area contributed by atoms with Crippen LogP contribution in [0.3, 0.4) is 0 Å². The Labute approximate surface area is 215 Å². The summed E-state index contributed by atoms with van der Waals surface area (Å²) in [6, 6.07) is 1.71. The molecule has 204 valence electrons.